The zero-order valence-corrected chi connectivity index (χ0v) is 16.4. The number of pyridine rings is 1. The van der Waals surface area contributed by atoms with Crippen LogP contribution in [-0.4, -0.2) is 14.5 Å². The Morgan fingerprint density at radius 3 is 2.50 bits per heavy atom. The average Bonchev–Trinajstić information content (AvgIpc) is 3.45. The number of aliphatic hydroxyl groups excluding tert-OH is 1. The first kappa shape index (κ1) is 18.1. The van der Waals surface area contributed by atoms with Gasteiger partial charge in [-0.3, -0.25) is 0 Å². The van der Waals surface area contributed by atoms with Crippen molar-refractivity contribution in [3.63, 3.8) is 0 Å². The molecule has 1 atom stereocenters. The van der Waals surface area contributed by atoms with E-state index in [4.69, 9.17) is 11.6 Å². The summed E-state index contributed by atoms with van der Waals surface area (Å²) in [7, 11) is 0. The number of benzene rings is 1. The molecule has 1 N–H and O–H groups in total. The number of imidazole rings is 1. The van der Waals surface area contributed by atoms with Crippen LogP contribution in [0.25, 0.3) is 5.52 Å². The standard InChI is InChI=1S/C23H24ClFN2O/c24-20-10-7-17(11-21(20)25)14-1-5-16(6-2-14)23(28)22-19(15-3-4-15)9-8-18-12-26-13-27(18)22/h7-16,23,28H,1-6H2/t14-,16-,23-/m1/s1. The Hall–Kier alpha value is -1.91. The Morgan fingerprint density at radius 1 is 1.04 bits per heavy atom. The molecule has 5 heteroatoms. The summed E-state index contributed by atoms with van der Waals surface area (Å²) >= 11 is 5.82. The number of nitrogens with zero attached hydrogens (tertiary/aromatic N) is 2. The fourth-order valence-corrected chi connectivity index (χ4v) is 4.96. The van der Waals surface area contributed by atoms with E-state index in [1.54, 1.807) is 12.1 Å². The maximum atomic E-state index is 13.8. The highest BCUT2D eigenvalue weighted by Crippen LogP contribution is 2.47. The molecule has 2 aliphatic rings. The minimum atomic E-state index is -0.489. The molecule has 2 heterocycles. The normalized spacial score (nSPS) is 23.8. The first-order valence-corrected chi connectivity index (χ1v) is 10.6. The lowest BCUT2D eigenvalue weighted by Gasteiger charge is -2.33. The summed E-state index contributed by atoms with van der Waals surface area (Å²) in [4.78, 5) is 4.28. The van der Waals surface area contributed by atoms with Crippen molar-refractivity contribution in [2.24, 2.45) is 5.92 Å². The molecule has 0 aliphatic heterocycles. The third-order valence-electron chi connectivity index (χ3n) is 6.59. The fraction of sp³-hybridized carbons (Fsp3) is 0.435. The van der Waals surface area contributed by atoms with E-state index in [2.05, 4.69) is 21.5 Å². The molecule has 146 valence electrons. The molecule has 5 rings (SSSR count). The highest BCUT2D eigenvalue weighted by molar-refractivity contribution is 6.30. The lowest BCUT2D eigenvalue weighted by molar-refractivity contribution is 0.0754. The molecule has 0 unspecified atom stereocenters. The van der Waals surface area contributed by atoms with Crippen molar-refractivity contribution in [1.29, 1.82) is 0 Å². The van der Waals surface area contributed by atoms with E-state index >= 15 is 0 Å². The number of rotatable bonds is 4. The molecule has 3 nitrogen and oxygen atoms in total. The van der Waals surface area contributed by atoms with Gasteiger partial charge in [-0.25, -0.2) is 9.37 Å². The number of aromatic nitrogens is 2. The molecule has 0 bridgehead atoms. The molecule has 0 saturated heterocycles. The van der Waals surface area contributed by atoms with Gasteiger partial charge >= 0.3 is 0 Å². The Bertz CT molecular complexity index is 1010. The Kier molecular flexibility index (Phi) is 4.64. The van der Waals surface area contributed by atoms with Crippen LogP contribution in [0.4, 0.5) is 4.39 Å². The van der Waals surface area contributed by atoms with Crippen molar-refractivity contribution in [2.75, 3.05) is 0 Å². The van der Waals surface area contributed by atoms with Crippen LogP contribution in [0.3, 0.4) is 0 Å². The highest BCUT2D eigenvalue weighted by atomic mass is 35.5. The Balaban J connectivity index is 1.37. The molecule has 2 aliphatic carbocycles. The summed E-state index contributed by atoms with van der Waals surface area (Å²) in [6.45, 7) is 0. The number of aliphatic hydroxyl groups is 1. The molecule has 2 aromatic heterocycles. The van der Waals surface area contributed by atoms with Crippen LogP contribution in [0.5, 0.6) is 0 Å². The van der Waals surface area contributed by atoms with E-state index < -0.39 is 6.10 Å². The monoisotopic (exact) mass is 398 g/mol. The molecule has 3 aromatic rings. The van der Waals surface area contributed by atoms with Crippen LogP contribution >= 0.6 is 11.6 Å². The summed E-state index contributed by atoms with van der Waals surface area (Å²) in [5.74, 6) is 0.785. The molecule has 1 aromatic carbocycles. The predicted octanol–water partition coefficient (Wildman–Crippen LogP) is 6.01. The SMILES string of the molecule is O[C@@H](c1c(C2CC2)ccc2cncn12)[C@H]1CC[C@H](c2ccc(Cl)c(F)c2)CC1. The number of fused-ring (bicyclic) bond motifs is 1. The van der Waals surface area contributed by atoms with E-state index in [0.29, 0.717) is 11.8 Å². The van der Waals surface area contributed by atoms with E-state index in [1.165, 1.54) is 18.4 Å². The second-order valence-corrected chi connectivity index (χ2v) is 8.77. The predicted molar refractivity (Wildman–Crippen MR) is 108 cm³/mol. The summed E-state index contributed by atoms with van der Waals surface area (Å²) in [6, 6.07) is 9.43. The van der Waals surface area contributed by atoms with Gasteiger partial charge in [-0.1, -0.05) is 23.7 Å². The van der Waals surface area contributed by atoms with Crippen LogP contribution < -0.4 is 0 Å². The summed E-state index contributed by atoms with van der Waals surface area (Å²) in [5.41, 5.74) is 4.35. The Morgan fingerprint density at radius 2 is 1.79 bits per heavy atom. The zero-order valence-electron chi connectivity index (χ0n) is 15.7. The Labute approximate surface area is 169 Å². The van der Waals surface area contributed by atoms with Crippen LogP contribution in [0.15, 0.2) is 42.9 Å². The smallest absolute Gasteiger partial charge is 0.142 e. The minimum Gasteiger partial charge on any atom is -0.387 e. The van der Waals surface area contributed by atoms with Gasteiger partial charge in [0.05, 0.1) is 34.9 Å². The quantitative estimate of drug-likeness (QED) is 0.584. The van der Waals surface area contributed by atoms with Gasteiger partial charge in [0.25, 0.3) is 0 Å². The van der Waals surface area contributed by atoms with Crippen LogP contribution in [0.2, 0.25) is 5.02 Å². The molecule has 2 saturated carbocycles. The van der Waals surface area contributed by atoms with Gasteiger partial charge in [-0.2, -0.15) is 0 Å². The maximum Gasteiger partial charge on any atom is 0.142 e. The molecule has 2 fully saturated rings. The van der Waals surface area contributed by atoms with Gasteiger partial charge < -0.3 is 9.51 Å². The average molecular weight is 399 g/mol. The largest absolute Gasteiger partial charge is 0.387 e. The molecular formula is C23H24ClFN2O. The van der Waals surface area contributed by atoms with Crippen molar-refractivity contribution in [3.05, 3.63) is 70.5 Å². The van der Waals surface area contributed by atoms with Gasteiger partial charge in [-0.05, 0) is 85.6 Å². The van der Waals surface area contributed by atoms with Crippen LogP contribution in [0, 0.1) is 11.7 Å². The lowest BCUT2D eigenvalue weighted by Crippen LogP contribution is -2.22. The second-order valence-electron chi connectivity index (χ2n) is 8.37. The number of hydrogen-bond donors (Lipinski definition) is 1. The minimum absolute atomic E-state index is 0.175. The lowest BCUT2D eigenvalue weighted by atomic mass is 9.75. The number of halogens is 2. The van der Waals surface area contributed by atoms with Crippen molar-refractivity contribution in [3.8, 4) is 0 Å². The topological polar surface area (TPSA) is 37.5 Å². The zero-order chi connectivity index (χ0) is 19.3. The van der Waals surface area contributed by atoms with Gasteiger partial charge in [-0.15, -0.1) is 0 Å². The first-order valence-electron chi connectivity index (χ1n) is 10.2. The van der Waals surface area contributed by atoms with Gasteiger partial charge in [0.1, 0.15) is 5.82 Å². The molecule has 0 spiro atoms. The van der Waals surface area contributed by atoms with E-state index in [-0.39, 0.29) is 16.8 Å². The molecule has 0 amide bonds. The molecular weight excluding hydrogens is 375 g/mol. The molecule has 28 heavy (non-hydrogen) atoms. The fourth-order valence-electron chi connectivity index (χ4n) is 4.84. The second kappa shape index (κ2) is 7.16. The number of hydrogen-bond acceptors (Lipinski definition) is 2. The van der Waals surface area contributed by atoms with Gasteiger partial charge in [0, 0.05) is 0 Å². The maximum absolute atomic E-state index is 13.8. The van der Waals surface area contributed by atoms with Crippen molar-refractivity contribution in [1.82, 2.24) is 9.38 Å². The van der Waals surface area contributed by atoms with E-state index in [0.717, 1.165) is 42.5 Å². The molecule has 0 radical (unpaired) electrons. The van der Waals surface area contributed by atoms with Crippen LogP contribution in [0.1, 0.15) is 73.3 Å². The van der Waals surface area contributed by atoms with E-state index in [1.807, 2.05) is 18.6 Å². The summed E-state index contributed by atoms with van der Waals surface area (Å²) < 4.78 is 15.9. The third-order valence-corrected chi connectivity index (χ3v) is 6.89. The van der Waals surface area contributed by atoms with Crippen molar-refractivity contribution < 1.29 is 9.50 Å². The van der Waals surface area contributed by atoms with Gasteiger partial charge in [0.2, 0.25) is 0 Å². The third kappa shape index (κ3) is 3.23. The van der Waals surface area contributed by atoms with E-state index in [9.17, 15) is 9.50 Å². The summed E-state index contributed by atoms with van der Waals surface area (Å²) in [5, 5.41) is 11.5. The van der Waals surface area contributed by atoms with Crippen molar-refractivity contribution in [2.45, 2.75) is 56.5 Å². The van der Waals surface area contributed by atoms with Crippen molar-refractivity contribution >= 4 is 17.1 Å². The first-order chi connectivity index (χ1) is 13.6. The highest BCUT2D eigenvalue weighted by Gasteiger charge is 2.34. The van der Waals surface area contributed by atoms with Gasteiger partial charge in [0.15, 0.2) is 0 Å². The van der Waals surface area contributed by atoms with Crippen LogP contribution in [-0.2, 0) is 0 Å². The summed E-state index contributed by atoms with van der Waals surface area (Å²) in [6.07, 6.45) is 9.38.